The second kappa shape index (κ2) is 4.32. The molecule has 0 radical (unpaired) electrons. The third-order valence-electron chi connectivity index (χ3n) is 3.40. The van der Waals surface area contributed by atoms with Gasteiger partial charge < -0.3 is 4.98 Å². The maximum atomic E-state index is 6.04. The van der Waals surface area contributed by atoms with E-state index < -0.39 is 0 Å². The lowest BCUT2D eigenvalue weighted by molar-refractivity contribution is 1.22. The number of halogens is 1. The Morgan fingerprint density at radius 2 is 1.85 bits per heavy atom. The Bertz CT molecular complexity index is 927. The first-order chi connectivity index (χ1) is 9.81. The second-order valence-electron chi connectivity index (χ2n) is 4.64. The van der Waals surface area contributed by atoms with Crippen LogP contribution in [0, 0.1) is 0 Å². The van der Waals surface area contributed by atoms with Gasteiger partial charge in [0, 0.05) is 28.0 Å². The highest BCUT2D eigenvalue weighted by Crippen LogP contribution is 2.29. The molecule has 0 aliphatic heterocycles. The minimum atomic E-state index is 0.271. The lowest BCUT2D eigenvalue weighted by atomic mass is 10.1. The van der Waals surface area contributed by atoms with Gasteiger partial charge in [-0.25, -0.2) is 9.97 Å². The summed E-state index contributed by atoms with van der Waals surface area (Å²) >= 11 is 6.04. The summed E-state index contributed by atoms with van der Waals surface area (Å²) < 4.78 is 0. The summed E-state index contributed by atoms with van der Waals surface area (Å²) in [4.78, 5) is 11.9. The van der Waals surface area contributed by atoms with Gasteiger partial charge in [-0.3, -0.25) is 0 Å². The summed E-state index contributed by atoms with van der Waals surface area (Å²) in [5.41, 5.74) is 3.87. The number of nitrogens with one attached hydrogen (secondary N) is 1. The van der Waals surface area contributed by atoms with Crippen molar-refractivity contribution in [3.05, 3.63) is 60.0 Å². The van der Waals surface area contributed by atoms with Crippen LogP contribution in [0.5, 0.6) is 0 Å². The number of fused-ring (bicyclic) bond motifs is 2. The molecule has 0 aliphatic carbocycles. The van der Waals surface area contributed by atoms with E-state index >= 15 is 0 Å². The largest absolute Gasteiger partial charge is 0.361 e. The van der Waals surface area contributed by atoms with Gasteiger partial charge in [0.15, 0.2) is 0 Å². The van der Waals surface area contributed by atoms with Gasteiger partial charge in [-0.15, -0.1) is 0 Å². The van der Waals surface area contributed by atoms with Gasteiger partial charge in [-0.05, 0) is 35.9 Å². The van der Waals surface area contributed by atoms with E-state index in [1.54, 1.807) is 0 Å². The summed E-state index contributed by atoms with van der Waals surface area (Å²) in [6, 6.07) is 16.1. The molecule has 2 aromatic heterocycles. The molecule has 0 aliphatic rings. The smallest absolute Gasteiger partial charge is 0.223 e. The van der Waals surface area contributed by atoms with Crippen molar-refractivity contribution in [2.24, 2.45) is 0 Å². The van der Waals surface area contributed by atoms with Crippen LogP contribution >= 0.6 is 11.6 Å². The average molecular weight is 280 g/mol. The molecule has 0 unspecified atom stereocenters. The van der Waals surface area contributed by atoms with E-state index in [1.165, 1.54) is 0 Å². The predicted octanol–water partition coefficient (Wildman–Crippen LogP) is 4.43. The normalized spacial score (nSPS) is 11.2. The molecule has 1 N–H and O–H groups in total. The molecule has 0 fully saturated rings. The van der Waals surface area contributed by atoms with Crippen molar-refractivity contribution in [3.63, 3.8) is 0 Å². The molecule has 0 atom stereocenters. The number of aromatic nitrogens is 3. The topological polar surface area (TPSA) is 41.6 Å². The van der Waals surface area contributed by atoms with E-state index in [0.29, 0.717) is 0 Å². The molecule has 0 saturated heterocycles. The van der Waals surface area contributed by atoms with Crippen LogP contribution in [0.4, 0.5) is 0 Å². The SMILES string of the molecule is Clc1nc(-c2ccc3[nH]ccc3c2)c2ccccc2n1. The third-order valence-corrected chi connectivity index (χ3v) is 3.57. The van der Waals surface area contributed by atoms with E-state index in [2.05, 4.69) is 27.1 Å². The molecule has 2 heterocycles. The summed E-state index contributed by atoms with van der Waals surface area (Å²) in [6.07, 6.45) is 1.93. The molecule has 4 heteroatoms. The predicted molar refractivity (Wildman–Crippen MR) is 81.8 cm³/mol. The second-order valence-corrected chi connectivity index (χ2v) is 4.98. The van der Waals surface area contributed by atoms with Gasteiger partial charge in [0.05, 0.1) is 11.2 Å². The van der Waals surface area contributed by atoms with Crippen LogP contribution < -0.4 is 0 Å². The molecule has 4 rings (SSSR count). The highest BCUT2D eigenvalue weighted by atomic mass is 35.5. The Balaban J connectivity index is 2.05. The van der Waals surface area contributed by atoms with Crippen LogP contribution in [-0.2, 0) is 0 Å². The highest BCUT2D eigenvalue weighted by molar-refractivity contribution is 6.28. The Labute approximate surface area is 120 Å². The minimum Gasteiger partial charge on any atom is -0.361 e. The first-order valence-electron chi connectivity index (χ1n) is 6.31. The zero-order valence-corrected chi connectivity index (χ0v) is 11.2. The van der Waals surface area contributed by atoms with E-state index in [9.17, 15) is 0 Å². The lowest BCUT2D eigenvalue weighted by Gasteiger charge is -2.06. The van der Waals surface area contributed by atoms with Crippen LogP contribution in [0.25, 0.3) is 33.1 Å². The van der Waals surface area contributed by atoms with Gasteiger partial charge >= 0.3 is 0 Å². The zero-order chi connectivity index (χ0) is 13.5. The van der Waals surface area contributed by atoms with Gasteiger partial charge in [0.25, 0.3) is 0 Å². The Kier molecular flexibility index (Phi) is 2.47. The lowest BCUT2D eigenvalue weighted by Crippen LogP contribution is -1.91. The Hall–Kier alpha value is -2.39. The van der Waals surface area contributed by atoms with Gasteiger partial charge in [0.2, 0.25) is 5.28 Å². The zero-order valence-electron chi connectivity index (χ0n) is 10.5. The number of benzene rings is 2. The molecule has 0 bridgehead atoms. The van der Waals surface area contributed by atoms with E-state index in [4.69, 9.17) is 11.6 Å². The van der Waals surface area contributed by atoms with E-state index in [1.807, 2.05) is 42.6 Å². The standard InChI is InChI=1S/C16H10ClN3/c17-16-19-14-4-2-1-3-12(14)15(20-16)11-5-6-13-10(9-11)7-8-18-13/h1-9,18H. The van der Waals surface area contributed by atoms with Gasteiger partial charge in [-0.2, -0.15) is 0 Å². The molecule has 2 aromatic carbocycles. The van der Waals surface area contributed by atoms with Crippen molar-refractivity contribution in [1.29, 1.82) is 0 Å². The van der Waals surface area contributed by atoms with Gasteiger partial charge in [-0.1, -0.05) is 24.3 Å². The maximum absolute atomic E-state index is 6.04. The van der Waals surface area contributed by atoms with Crippen LogP contribution in [0.1, 0.15) is 0 Å². The fourth-order valence-electron chi connectivity index (χ4n) is 2.47. The number of aromatic amines is 1. The van der Waals surface area contributed by atoms with Crippen molar-refractivity contribution in [1.82, 2.24) is 15.0 Å². The molecule has 4 aromatic rings. The van der Waals surface area contributed by atoms with Crippen molar-refractivity contribution >= 4 is 33.4 Å². The van der Waals surface area contributed by atoms with E-state index in [-0.39, 0.29) is 5.28 Å². The Morgan fingerprint density at radius 1 is 0.950 bits per heavy atom. The van der Waals surface area contributed by atoms with Crippen molar-refractivity contribution in [3.8, 4) is 11.3 Å². The molecule has 0 saturated carbocycles. The first-order valence-corrected chi connectivity index (χ1v) is 6.69. The van der Waals surface area contributed by atoms with Crippen LogP contribution in [-0.4, -0.2) is 15.0 Å². The fourth-order valence-corrected chi connectivity index (χ4v) is 2.64. The first kappa shape index (κ1) is 11.4. The fraction of sp³-hybridized carbons (Fsp3) is 0. The molecule has 0 amide bonds. The molecule has 0 spiro atoms. The van der Waals surface area contributed by atoms with Crippen molar-refractivity contribution < 1.29 is 0 Å². The summed E-state index contributed by atoms with van der Waals surface area (Å²) in [6.45, 7) is 0. The maximum Gasteiger partial charge on any atom is 0.223 e. The number of rotatable bonds is 1. The molecule has 20 heavy (non-hydrogen) atoms. The van der Waals surface area contributed by atoms with Crippen molar-refractivity contribution in [2.45, 2.75) is 0 Å². The van der Waals surface area contributed by atoms with Crippen LogP contribution in [0.15, 0.2) is 54.7 Å². The Morgan fingerprint density at radius 3 is 2.80 bits per heavy atom. The molecule has 96 valence electrons. The monoisotopic (exact) mass is 279 g/mol. The summed E-state index contributed by atoms with van der Waals surface area (Å²) in [7, 11) is 0. The van der Waals surface area contributed by atoms with E-state index in [0.717, 1.165) is 33.1 Å². The number of hydrogen-bond acceptors (Lipinski definition) is 2. The van der Waals surface area contributed by atoms with Gasteiger partial charge in [0.1, 0.15) is 0 Å². The van der Waals surface area contributed by atoms with Crippen molar-refractivity contribution in [2.75, 3.05) is 0 Å². The highest BCUT2D eigenvalue weighted by Gasteiger charge is 2.09. The van der Waals surface area contributed by atoms with Crippen LogP contribution in [0.3, 0.4) is 0 Å². The van der Waals surface area contributed by atoms with Crippen LogP contribution in [0.2, 0.25) is 5.28 Å². The number of hydrogen-bond donors (Lipinski definition) is 1. The summed E-state index contributed by atoms with van der Waals surface area (Å²) in [5.74, 6) is 0. The quantitative estimate of drug-likeness (QED) is 0.524. The number of H-pyrrole nitrogens is 1. The molecular formula is C16H10ClN3. The third kappa shape index (κ3) is 1.75. The minimum absolute atomic E-state index is 0.271. The summed E-state index contributed by atoms with van der Waals surface area (Å²) in [5, 5.41) is 2.43. The molecular weight excluding hydrogens is 270 g/mol. The number of para-hydroxylation sites is 1. The number of nitrogens with zero attached hydrogens (tertiary/aromatic N) is 2. The average Bonchev–Trinajstić information content (AvgIpc) is 2.93. The molecule has 3 nitrogen and oxygen atoms in total.